The van der Waals surface area contributed by atoms with Crippen LogP contribution in [0.4, 0.5) is 0 Å². The molecule has 6 aliphatic heterocycles. The summed E-state index contributed by atoms with van der Waals surface area (Å²) < 4.78 is 15.4. The predicted molar refractivity (Wildman–Crippen MR) is 465 cm³/mol. The Labute approximate surface area is 732 Å². The minimum Gasteiger partial charge on any atom is -0.487 e. The highest BCUT2D eigenvalue weighted by atomic mass is 32.2. The van der Waals surface area contributed by atoms with Crippen LogP contribution >= 0.6 is 11.8 Å². The van der Waals surface area contributed by atoms with Crippen LogP contribution in [0.3, 0.4) is 0 Å². The molecule has 8 heterocycles. The zero-order chi connectivity index (χ0) is 91.0. The van der Waals surface area contributed by atoms with Crippen molar-refractivity contribution < 1.29 is 87.1 Å². The Kier molecular flexibility index (Phi) is 31.1. The zero-order valence-corrected chi connectivity index (χ0v) is 72.9. The molecule has 36 nitrogen and oxygen atoms in total. The summed E-state index contributed by atoms with van der Waals surface area (Å²) >= 11 is 1.30. The number of carboxylic acid groups (broad SMARTS) is 3. The van der Waals surface area contributed by atoms with Crippen LogP contribution in [0.1, 0.15) is 127 Å². The molecular weight excluding hydrogens is 1640 g/mol. The molecule has 6 aliphatic rings. The number of likely N-dealkylation sites (N-methyl/N-ethyl adjacent to an activating group) is 2. The minimum atomic E-state index is -1.90. The number of carboxylic acids is 3. The molecule has 0 unspecified atom stereocenters. The molecule has 0 aliphatic carbocycles. The number of aromatic nitrogens is 6. The molecule has 0 saturated carbocycles. The summed E-state index contributed by atoms with van der Waals surface area (Å²) in [4.78, 5) is 190. The van der Waals surface area contributed by atoms with Crippen molar-refractivity contribution in [2.24, 2.45) is 10.8 Å². The van der Waals surface area contributed by atoms with Crippen LogP contribution in [0, 0.1) is 10.8 Å². The topological polar surface area (TPSA) is 489 Å². The first kappa shape index (κ1) is 93.8. The third-order valence-electron chi connectivity index (χ3n) is 22.8. The molecule has 10 amide bonds. The number of benzene rings is 6. The molecule has 14 rings (SSSR count). The second-order valence-electron chi connectivity index (χ2n) is 34.3. The van der Waals surface area contributed by atoms with Crippen LogP contribution in [-0.2, 0) is 101 Å². The maximum Gasteiger partial charge on any atom is 0.326 e. The van der Waals surface area contributed by atoms with Gasteiger partial charge in [0, 0.05) is 51.6 Å². The van der Waals surface area contributed by atoms with Crippen LogP contribution in [0.2, 0.25) is 0 Å². The molecule has 2 aromatic heterocycles. The van der Waals surface area contributed by atoms with Gasteiger partial charge in [0.1, 0.15) is 96.5 Å². The SMILES string of the molecule is CN[C@@H](C)C(=O)N[C@H](C(=O)N1C[C@@H]2C[C@H]1C(=O)N[C@@H](Cc1ccc3ccccc3c1)C(=O)N[C@H](C(=O)O)Cc1ccc(cc1)OCc1cn(nn1)[C@H]1C[C@@H](C(=O)N[C@@H](Cc3ccc4ccccc4c3)C(=O)N[C@H](C(=O)N[C@@H](CC(=O)O)C(=O)N[C@@H](CCSC)C(=O)O)Cc3ccc(cc3)OCc3cn2nn3)N(C(=O)[C@@H](NC(=O)[C@H](C)NC)C(C)(C)C)C1)C(C)(C)C. The quantitative estimate of drug-likeness (QED) is 0.0436. The average molecular weight is 1750 g/mol. The number of fused-ring (bicyclic) bond motifs is 2. The Morgan fingerprint density at radius 3 is 1.33 bits per heavy atom. The lowest BCUT2D eigenvalue weighted by Gasteiger charge is -2.36. The number of rotatable bonds is 23. The molecular formula is C89H110N18O18S. The van der Waals surface area contributed by atoms with E-state index in [2.05, 4.69) is 73.8 Å². The number of thioether (sulfide) groups is 1. The highest BCUT2D eigenvalue weighted by Crippen LogP contribution is 2.35. The molecule has 6 aromatic carbocycles. The van der Waals surface area contributed by atoms with Crippen molar-refractivity contribution in [1.82, 2.24) is 93.0 Å². The highest BCUT2D eigenvalue weighted by Gasteiger charge is 2.49. The minimum absolute atomic E-state index is 0.0618. The van der Waals surface area contributed by atoms with Crippen molar-refractivity contribution in [3.8, 4) is 11.5 Å². The van der Waals surface area contributed by atoms with E-state index >= 15 is 33.6 Å². The Balaban J connectivity index is 0.972. The summed E-state index contributed by atoms with van der Waals surface area (Å²) in [5.74, 6) is -11.5. The van der Waals surface area contributed by atoms with Gasteiger partial charge in [0.25, 0.3) is 0 Å². The Hall–Kier alpha value is -12.9. The number of hydrogen-bond donors (Lipinski definition) is 13. The molecule has 8 aromatic rings. The smallest absolute Gasteiger partial charge is 0.326 e. The van der Waals surface area contributed by atoms with Gasteiger partial charge in [-0.2, -0.15) is 11.8 Å². The first-order chi connectivity index (χ1) is 59.9. The second-order valence-corrected chi connectivity index (χ2v) is 35.3. The van der Waals surface area contributed by atoms with E-state index in [9.17, 15) is 44.1 Å². The number of nitrogens with one attached hydrogen (secondary N) is 10. The van der Waals surface area contributed by atoms with Crippen LogP contribution in [0.5, 0.6) is 11.5 Å². The van der Waals surface area contributed by atoms with Crippen LogP contribution in [0.15, 0.2) is 146 Å². The summed E-state index contributed by atoms with van der Waals surface area (Å²) in [7, 11) is 3.17. The van der Waals surface area contributed by atoms with Gasteiger partial charge in [-0.1, -0.05) is 161 Å². The molecule has 14 atom stereocenters. The van der Waals surface area contributed by atoms with E-state index in [1.165, 1.54) is 30.9 Å². The zero-order valence-electron chi connectivity index (χ0n) is 72.1. The molecule has 0 radical (unpaired) electrons. The summed E-state index contributed by atoms with van der Waals surface area (Å²) in [5, 5.41) is 79.8. The van der Waals surface area contributed by atoms with Crippen molar-refractivity contribution in [3.63, 3.8) is 0 Å². The lowest BCUT2D eigenvalue weighted by Crippen LogP contribution is -2.61. The number of carbonyl (C=O) groups is 13. The van der Waals surface area contributed by atoms with Crippen LogP contribution in [0.25, 0.3) is 21.5 Å². The van der Waals surface area contributed by atoms with Crippen molar-refractivity contribution >= 4 is 110 Å². The van der Waals surface area contributed by atoms with Gasteiger partial charge in [0.15, 0.2) is 0 Å². The van der Waals surface area contributed by atoms with Gasteiger partial charge < -0.3 is 87.8 Å². The Morgan fingerprint density at radius 1 is 0.516 bits per heavy atom. The van der Waals surface area contributed by atoms with E-state index in [0.717, 1.165) is 21.5 Å². The van der Waals surface area contributed by atoms with E-state index in [-0.39, 0.29) is 94.1 Å². The van der Waals surface area contributed by atoms with E-state index < -0.39 is 179 Å². The van der Waals surface area contributed by atoms with Crippen molar-refractivity contribution in [2.45, 2.75) is 205 Å². The Bertz CT molecular complexity index is 5310. The molecule has 37 heteroatoms. The van der Waals surface area contributed by atoms with Crippen LogP contribution < -0.4 is 62.6 Å². The molecule has 2 fully saturated rings. The third-order valence-corrected chi connectivity index (χ3v) is 23.4. The van der Waals surface area contributed by atoms with Crippen LogP contribution in [-0.4, -0.2) is 244 Å². The lowest BCUT2D eigenvalue weighted by molar-refractivity contribution is -0.145. The van der Waals surface area contributed by atoms with Gasteiger partial charge in [-0.15, -0.1) is 10.2 Å². The van der Waals surface area contributed by atoms with Gasteiger partial charge in [0.2, 0.25) is 59.1 Å². The summed E-state index contributed by atoms with van der Waals surface area (Å²) in [6.07, 6.45) is 2.53. The molecule has 126 heavy (non-hydrogen) atoms. The highest BCUT2D eigenvalue weighted by molar-refractivity contribution is 7.98. The van der Waals surface area contributed by atoms with E-state index in [4.69, 9.17) is 9.47 Å². The van der Waals surface area contributed by atoms with Gasteiger partial charge in [0.05, 0.1) is 43.0 Å². The fourth-order valence-corrected chi connectivity index (χ4v) is 15.8. The third kappa shape index (κ3) is 24.4. The normalized spacial score (nSPS) is 20.8. The number of ether oxygens (including phenoxy) is 2. The maximum absolute atomic E-state index is 15.7. The predicted octanol–water partition coefficient (Wildman–Crippen LogP) is 3.49. The van der Waals surface area contributed by atoms with Crippen molar-refractivity contribution in [1.29, 1.82) is 0 Å². The monoisotopic (exact) mass is 1750 g/mol. The fourth-order valence-electron chi connectivity index (χ4n) is 15.3. The van der Waals surface area contributed by atoms with Gasteiger partial charge >= 0.3 is 17.9 Å². The maximum atomic E-state index is 15.7. The molecule has 0 spiro atoms. The van der Waals surface area contributed by atoms with E-state index in [0.29, 0.717) is 28.0 Å². The van der Waals surface area contributed by atoms with Crippen molar-refractivity contribution in [2.75, 3.05) is 39.2 Å². The number of nitrogens with zero attached hydrogens (tertiary/aromatic N) is 8. The van der Waals surface area contributed by atoms with Gasteiger partial charge in [-0.25, -0.2) is 19.0 Å². The van der Waals surface area contributed by atoms with E-state index in [1.54, 1.807) is 149 Å². The van der Waals surface area contributed by atoms with Gasteiger partial charge in [-0.05, 0) is 125 Å². The van der Waals surface area contributed by atoms with Gasteiger partial charge in [-0.3, -0.25) is 52.7 Å². The number of hydrogen-bond acceptors (Lipinski definition) is 22. The molecule has 670 valence electrons. The summed E-state index contributed by atoms with van der Waals surface area (Å²) in [5.41, 5.74) is 0.598. The van der Waals surface area contributed by atoms with E-state index in [1.807, 2.05) is 72.8 Å². The largest absolute Gasteiger partial charge is 0.487 e. The molecule has 13 N–H and O–H groups in total. The molecule has 2 saturated heterocycles. The first-order valence-electron chi connectivity index (χ1n) is 41.7. The summed E-state index contributed by atoms with van der Waals surface area (Å²) in [6, 6.07) is 20.5. The standard InChI is InChI=1S/C89H110N18O18S/c1-49(90-9)76(110)98-74(88(3,4)5)84(118)104-45-61-40-71(104)82(116)95-67(38-53-20-26-55-16-12-14-18-57(55)34-53)79(113)93-66(78(112)94-69(42-73(108)109)81(115)92-65(86(120)121)32-33-126-11)36-51-22-28-63(29-23-51)124-47-59-43-107(102-100-59)62-41-72(105(46-62)85(119)75(89(6,7)8)99-77(111)50(2)91-10)83(117)96-68(39-54-21-27-56-17-13-15-19-58(56)35-54)80(114)97-70(87(122)123)37-52-24-30-64(31-25-52)125-48-60-44-106(61)103-101-60/h12-31,34-35,43-44,49-50,61-62,65-72,74-75,90-91H,32-33,36-42,45-48H2,1-11H3,(H,92,115)(H,93,113)(H,94,112)(H,95,116)(H,96,117)(H,97,114)(H,98,110)(H,99,111)(H,108,109)(H,120,121)(H,122,123)/t49-,50-,61-,62-,65-,66-,67-,68-,69-,70-,71-,72-,74+,75+/m0/s1. The first-order valence-corrected chi connectivity index (χ1v) is 43.1. The lowest BCUT2D eigenvalue weighted by atomic mass is 9.85. The Morgan fingerprint density at radius 2 is 0.937 bits per heavy atom. The second kappa shape index (κ2) is 41.7. The molecule has 12 bridgehead atoms. The van der Waals surface area contributed by atoms with Crippen molar-refractivity contribution in [3.05, 3.63) is 179 Å². The number of amides is 10. The number of aliphatic carboxylic acids is 3. The fraction of sp³-hybridized carbons (Fsp3) is 0.449. The number of carbonyl (C=O) groups excluding carboxylic acids is 10. The summed E-state index contributed by atoms with van der Waals surface area (Å²) in [6.45, 7) is 13.0. The number of likely N-dealkylation sites (tertiary alicyclic amines) is 2. The average Bonchev–Trinajstić information content (AvgIpc) is 1.63.